The highest BCUT2D eigenvalue weighted by atomic mass is 32.1. The van der Waals surface area contributed by atoms with Gasteiger partial charge in [-0.15, -0.1) is 11.3 Å². The van der Waals surface area contributed by atoms with Crippen molar-refractivity contribution in [2.45, 2.75) is 24.8 Å². The summed E-state index contributed by atoms with van der Waals surface area (Å²) in [7, 11) is 0. The second kappa shape index (κ2) is 4.10. The van der Waals surface area contributed by atoms with Crippen molar-refractivity contribution in [3.8, 4) is 11.3 Å². The molecule has 0 atom stereocenters. The topological polar surface area (TPSA) is 38.9 Å². The zero-order chi connectivity index (χ0) is 12.8. The first-order valence-corrected chi connectivity index (χ1v) is 6.62. The first-order valence-electron chi connectivity index (χ1n) is 5.74. The van der Waals surface area contributed by atoms with E-state index in [1.165, 1.54) is 23.5 Å². The minimum Gasteiger partial charge on any atom is -0.325 e. The van der Waals surface area contributed by atoms with Gasteiger partial charge >= 0.3 is 0 Å². The summed E-state index contributed by atoms with van der Waals surface area (Å²) >= 11 is 1.51. The molecule has 0 aliphatic heterocycles. The van der Waals surface area contributed by atoms with Gasteiger partial charge in [-0.2, -0.15) is 0 Å². The summed E-state index contributed by atoms with van der Waals surface area (Å²) in [6.07, 6.45) is 2.83. The Bertz CT molecular complexity index is 590. The second-order valence-corrected chi connectivity index (χ2v) is 5.74. The van der Waals surface area contributed by atoms with Gasteiger partial charge in [0.2, 0.25) is 0 Å². The lowest BCUT2D eigenvalue weighted by Gasteiger charge is -2.03. The quantitative estimate of drug-likeness (QED) is 0.927. The highest BCUT2D eigenvalue weighted by Gasteiger charge is 2.38. The molecule has 1 aromatic carbocycles. The maximum absolute atomic E-state index is 13.1. The summed E-state index contributed by atoms with van der Waals surface area (Å²) in [5, 5.41) is 2.81. The van der Waals surface area contributed by atoms with Gasteiger partial charge in [0.25, 0.3) is 0 Å². The molecule has 2 N–H and O–H groups in total. The molecule has 1 saturated carbocycles. The van der Waals surface area contributed by atoms with Gasteiger partial charge in [-0.25, -0.2) is 13.8 Å². The van der Waals surface area contributed by atoms with Crippen LogP contribution in [-0.2, 0) is 6.42 Å². The number of rotatable bonds is 3. The van der Waals surface area contributed by atoms with E-state index in [9.17, 15) is 8.78 Å². The van der Waals surface area contributed by atoms with Gasteiger partial charge in [-0.05, 0) is 31.0 Å². The lowest BCUT2D eigenvalue weighted by atomic mass is 10.1. The third-order valence-corrected chi connectivity index (χ3v) is 4.01. The van der Waals surface area contributed by atoms with Crippen LogP contribution in [0.4, 0.5) is 8.78 Å². The monoisotopic (exact) mass is 266 g/mol. The van der Waals surface area contributed by atoms with E-state index in [0.717, 1.165) is 30.3 Å². The van der Waals surface area contributed by atoms with Crippen LogP contribution < -0.4 is 5.73 Å². The minimum atomic E-state index is -0.848. The van der Waals surface area contributed by atoms with Crippen molar-refractivity contribution in [3.05, 3.63) is 40.2 Å². The fourth-order valence-electron chi connectivity index (χ4n) is 1.82. The molecule has 2 nitrogen and oxygen atoms in total. The Hall–Kier alpha value is -1.33. The van der Waals surface area contributed by atoms with Crippen molar-refractivity contribution >= 4 is 11.3 Å². The maximum atomic E-state index is 13.1. The largest absolute Gasteiger partial charge is 0.325 e. The third-order valence-electron chi connectivity index (χ3n) is 3.16. The van der Waals surface area contributed by atoms with Crippen LogP contribution in [0.15, 0.2) is 23.6 Å². The Balaban J connectivity index is 1.85. The van der Waals surface area contributed by atoms with E-state index in [1.54, 1.807) is 0 Å². The normalized spacial score (nSPS) is 16.8. The van der Waals surface area contributed by atoms with Crippen LogP contribution in [0, 0.1) is 11.6 Å². The summed E-state index contributed by atoms with van der Waals surface area (Å²) in [5.41, 5.74) is 7.22. The Morgan fingerprint density at radius 3 is 2.72 bits per heavy atom. The summed E-state index contributed by atoms with van der Waals surface area (Å²) in [6.45, 7) is 0. The van der Waals surface area contributed by atoms with Crippen molar-refractivity contribution in [2.24, 2.45) is 5.73 Å². The smallest absolute Gasteiger partial charge is 0.159 e. The SMILES string of the molecule is NC1(Cc2nc(-c3ccc(F)c(F)c3)cs2)CC1. The molecular formula is C13H12F2N2S. The zero-order valence-corrected chi connectivity index (χ0v) is 10.4. The fraction of sp³-hybridized carbons (Fsp3) is 0.308. The average molecular weight is 266 g/mol. The minimum absolute atomic E-state index is 0.0802. The number of benzene rings is 1. The summed E-state index contributed by atoms with van der Waals surface area (Å²) in [4.78, 5) is 4.43. The number of thiazole rings is 1. The number of halogens is 2. The Labute approximate surface area is 107 Å². The van der Waals surface area contributed by atoms with Crippen molar-refractivity contribution in [3.63, 3.8) is 0 Å². The molecule has 0 saturated heterocycles. The molecule has 1 heterocycles. The number of nitrogens with two attached hydrogens (primary N) is 1. The first-order chi connectivity index (χ1) is 8.56. The number of hydrogen-bond acceptors (Lipinski definition) is 3. The molecule has 0 spiro atoms. The van der Waals surface area contributed by atoms with Gasteiger partial charge in [0, 0.05) is 22.9 Å². The van der Waals surface area contributed by atoms with Crippen LogP contribution in [0.3, 0.4) is 0 Å². The van der Waals surface area contributed by atoms with Gasteiger partial charge in [0.05, 0.1) is 10.7 Å². The van der Waals surface area contributed by atoms with Gasteiger partial charge in [0.15, 0.2) is 11.6 Å². The van der Waals surface area contributed by atoms with E-state index in [-0.39, 0.29) is 5.54 Å². The van der Waals surface area contributed by atoms with E-state index in [4.69, 9.17) is 5.73 Å². The van der Waals surface area contributed by atoms with Gasteiger partial charge in [0.1, 0.15) is 0 Å². The predicted octanol–water partition coefficient (Wildman–Crippen LogP) is 3.12. The lowest BCUT2D eigenvalue weighted by molar-refractivity contribution is 0.509. The Morgan fingerprint density at radius 1 is 1.28 bits per heavy atom. The van der Waals surface area contributed by atoms with Gasteiger partial charge in [-0.1, -0.05) is 0 Å². The van der Waals surface area contributed by atoms with Crippen molar-refractivity contribution < 1.29 is 8.78 Å². The Kier molecular flexibility index (Phi) is 2.68. The average Bonchev–Trinajstić information content (AvgIpc) is 2.88. The molecule has 5 heteroatoms. The molecule has 1 aromatic heterocycles. The molecule has 0 bridgehead atoms. The van der Waals surface area contributed by atoms with Crippen LogP contribution in [-0.4, -0.2) is 10.5 Å². The van der Waals surface area contributed by atoms with E-state index in [2.05, 4.69) is 4.98 Å². The van der Waals surface area contributed by atoms with Crippen molar-refractivity contribution in [1.82, 2.24) is 4.98 Å². The van der Waals surface area contributed by atoms with E-state index < -0.39 is 11.6 Å². The van der Waals surface area contributed by atoms with Crippen LogP contribution in [0.2, 0.25) is 0 Å². The van der Waals surface area contributed by atoms with Crippen LogP contribution in [0.25, 0.3) is 11.3 Å². The highest BCUT2D eigenvalue weighted by molar-refractivity contribution is 7.10. The summed E-state index contributed by atoms with van der Waals surface area (Å²) in [6, 6.07) is 3.82. The molecule has 0 amide bonds. The molecule has 2 aromatic rings. The van der Waals surface area contributed by atoms with E-state index in [0.29, 0.717) is 11.3 Å². The first kappa shape index (κ1) is 11.7. The van der Waals surface area contributed by atoms with Gasteiger partial charge < -0.3 is 5.73 Å². The second-order valence-electron chi connectivity index (χ2n) is 4.79. The molecular weight excluding hydrogens is 254 g/mol. The van der Waals surface area contributed by atoms with Crippen LogP contribution in [0.1, 0.15) is 17.8 Å². The predicted molar refractivity (Wildman–Crippen MR) is 67.3 cm³/mol. The lowest BCUT2D eigenvalue weighted by Crippen LogP contribution is -2.24. The maximum Gasteiger partial charge on any atom is 0.159 e. The summed E-state index contributed by atoms with van der Waals surface area (Å²) < 4.78 is 26.0. The van der Waals surface area contributed by atoms with Gasteiger partial charge in [-0.3, -0.25) is 0 Å². The molecule has 0 radical (unpaired) electrons. The molecule has 1 aliphatic rings. The number of aromatic nitrogens is 1. The summed E-state index contributed by atoms with van der Waals surface area (Å²) in [5.74, 6) is -1.69. The standard InChI is InChI=1S/C13H12F2N2S/c14-9-2-1-8(5-10(9)15)11-7-18-12(17-11)6-13(16)3-4-13/h1-2,5,7H,3-4,6,16H2. The molecule has 0 unspecified atom stereocenters. The molecule has 1 aliphatic carbocycles. The highest BCUT2D eigenvalue weighted by Crippen LogP contribution is 2.37. The Morgan fingerprint density at radius 2 is 2.06 bits per heavy atom. The van der Waals surface area contributed by atoms with Crippen LogP contribution in [0.5, 0.6) is 0 Å². The third kappa shape index (κ3) is 2.28. The fourth-order valence-corrected chi connectivity index (χ4v) is 2.78. The van der Waals surface area contributed by atoms with Crippen molar-refractivity contribution in [1.29, 1.82) is 0 Å². The van der Waals surface area contributed by atoms with Crippen molar-refractivity contribution in [2.75, 3.05) is 0 Å². The molecule has 1 fully saturated rings. The van der Waals surface area contributed by atoms with E-state index >= 15 is 0 Å². The molecule has 18 heavy (non-hydrogen) atoms. The zero-order valence-electron chi connectivity index (χ0n) is 9.62. The number of nitrogens with zero attached hydrogens (tertiary/aromatic N) is 1. The van der Waals surface area contributed by atoms with Crippen LogP contribution >= 0.6 is 11.3 Å². The number of hydrogen-bond donors (Lipinski definition) is 1. The molecule has 94 valence electrons. The molecule has 3 rings (SSSR count). The van der Waals surface area contributed by atoms with E-state index in [1.807, 2.05) is 5.38 Å².